The topological polar surface area (TPSA) is 73.9 Å². The number of aromatic nitrogens is 3. The first-order valence-electron chi connectivity index (χ1n) is 7.90. The molecule has 1 fully saturated rings. The third-order valence-electron chi connectivity index (χ3n) is 4.13. The Labute approximate surface area is 144 Å². The van der Waals surface area contributed by atoms with Gasteiger partial charge in [-0.15, -0.1) is 11.3 Å². The van der Waals surface area contributed by atoms with Gasteiger partial charge in [-0.1, -0.05) is 12.1 Å². The van der Waals surface area contributed by atoms with Gasteiger partial charge >= 0.3 is 0 Å². The van der Waals surface area contributed by atoms with Gasteiger partial charge in [0.15, 0.2) is 0 Å². The van der Waals surface area contributed by atoms with Gasteiger partial charge < -0.3 is 10.5 Å². The minimum Gasteiger partial charge on any atom is -0.497 e. The highest BCUT2D eigenvalue weighted by Crippen LogP contribution is 2.47. The van der Waals surface area contributed by atoms with Crippen LogP contribution in [0.5, 0.6) is 5.75 Å². The number of ether oxygens (including phenoxy) is 1. The van der Waals surface area contributed by atoms with Crippen LogP contribution >= 0.6 is 11.3 Å². The number of nitrogen functional groups attached to an aromatic ring is 1. The quantitative estimate of drug-likeness (QED) is 0.777. The van der Waals surface area contributed by atoms with E-state index in [0.717, 1.165) is 38.1 Å². The van der Waals surface area contributed by atoms with Crippen molar-refractivity contribution in [1.29, 1.82) is 0 Å². The maximum atomic E-state index is 5.88. The van der Waals surface area contributed by atoms with E-state index in [2.05, 4.69) is 9.97 Å². The largest absolute Gasteiger partial charge is 0.497 e. The monoisotopic (exact) mass is 338 g/mol. The molecule has 5 nitrogen and oxygen atoms in total. The van der Waals surface area contributed by atoms with Gasteiger partial charge in [0.2, 0.25) is 5.95 Å². The number of benzene rings is 1. The van der Waals surface area contributed by atoms with E-state index in [1.807, 2.05) is 31.2 Å². The maximum absolute atomic E-state index is 5.88. The maximum Gasteiger partial charge on any atom is 0.220 e. The Morgan fingerprint density at radius 2 is 2.08 bits per heavy atom. The smallest absolute Gasteiger partial charge is 0.220 e. The van der Waals surface area contributed by atoms with E-state index < -0.39 is 0 Å². The van der Waals surface area contributed by atoms with Crippen LogP contribution in [0.1, 0.15) is 29.5 Å². The molecule has 122 valence electrons. The standard InChI is InChI=1S/C18H18N4OS/c1-10-21-15(11-6-7-11)17(24-10)16-14(9-20-18(19)22-16)12-4-3-5-13(8-12)23-2/h3-5,8-9,11H,6-7H2,1-2H3,(H2,19,20,22). The van der Waals surface area contributed by atoms with Crippen LogP contribution in [-0.2, 0) is 0 Å². The van der Waals surface area contributed by atoms with Gasteiger partial charge in [0.05, 0.1) is 28.4 Å². The van der Waals surface area contributed by atoms with Gasteiger partial charge in [-0.25, -0.2) is 15.0 Å². The number of aryl methyl sites for hydroxylation is 1. The number of hydrogen-bond acceptors (Lipinski definition) is 6. The summed E-state index contributed by atoms with van der Waals surface area (Å²) in [6.07, 6.45) is 4.19. The second kappa shape index (κ2) is 5.87. The van der Waals surface area contributed by atoms with E-state index in [1.165, 1.54) is 12.8 Å². The Hall–Kier alpha value is -2.47. The molecule has 1 aliphatic rings. The van der Waals surface area contributed by atoms with Crippen LogP contribution in [0.25, 0.3) is 21.7 Å². The van der Waals surface area contributed by atoms with Crippen LogP contribution in [0, 0.1) is 6.92 Å². The highest BCUT2D eigenvalue weighted by atomic mass is 32.1. The molecule has 1 aromatic carbocycles. The van der Waals surface area contributed by atoms with Crippen LogP contribution in [0.2, 0.25) is 0 Å². The zero-order chi connectivity index (χ0) is 16.7. The molecular weight excluding hydrogens is 320 g/mol. The number of nitrogens with two attached hydrogens (primary N) is 1. The van der Waals surface area contributed by atoms with Crippen molar-refractivity contribution < 1.29 is 4.74 Å². The minimum atomic E-state index is 0.282. The number of hydrogen-bond donors (Lipinski definition) is 1. The Morgan fingerprint density at radius 1 is 1.25 bits per heavy atom. The van der Waals surface area contributed by atoms with Gasteiger partial charge in [-0.05, 0) is 37.5 Å². The molecule has 24 heavy (non-hydrogen) atoms. The molecule has 2 N–H and O–H groups in total. The molecule has 0 atom stereocenters. The van der Waals surface area contributed by atoms with Gasteiger partial charge in [-0.2, -0.15) is 0 Å². The first-order chi connectivity index (χ1) is 11.7. The van der Waals surface area contributed by atoms with E-state index >= 15 is 0 Å². The van der Waals surface area contributed by atoms with Crippen molar-refractivity contribution in [1.82, 2.24) is 15.0 Å². The second-order valence-corrected chi connectivity index (χ2v) is 7.15. The van der Waals surface area contributed by atoms with Crippen molar-refractivity contribution in [2.24, 2.45) is 0 Å². The normalized spacial score (nSPS) is 13.9. The van der Waals surface area contributed by atoms with E-state index in [-0.39, 0.29) is 5.95 Å². The summed E-state index contributed by atoms with van der Waals surface area (Å²) in [7, 11) is 1.66. The summed E-state index contributed by atoms with van der Waals surface area (Å²) in [5.41, 5.74) is 9.87. The van der Waals surface area contributed by atoms with E-state index in [4.69, 9.17) is 15.5 Å². The van der Waals surface area contributed by atoms with Gasteiger partial charge in [0.25, 0.3) is 0 Å². The molecule has 1 aliphatic carbocycles. The Kier molecular flexibility index (Phi) is 3.69. The van der Waals surface area contributed by atoms with Crippen LogP contribution in [0.3, 0.4) is 0 Å². The fourth-order valence-corrected chi connectivity index (χ4v) is 3.83. The highest BCUT2D eigenvalue weighted by molar-refractivity contribution is 7.15. The summed E-state index contributed by atoms with van der Waals surface area (Å²) >= 11 is 1.68. The van der Waals surface area contributed by atoms with Crippen LogP contribution in [-0.4, -0.2) is 22.1 Å². The third kappa shape index (κ3) is 2.73. The fourth-order valence-electron chi connectivity index (χ4n) is 2.82. The number of methoxy groups -OCH3 is 1. The van der Waals surface area contributed by atoms with Gasteiger partial charge in [-0.3, -0.25) is 0 Å². The van der Waals surface area contributed by atoms with Gasteiger partial charge in [0, 0.05) is 17.7 Å². The SMILES string of the molecule is COc1cccc(-c2cnc(N)nc2-c2sc(C)nc2C2CC2)c1. The molecule has 0 bridgehead atoms. The zero-order valence-corrected chi connectivity index (χ0v) is 14.4. The first-order valence-corrected chi connectivity index (χ1v) is 8.72. The van der Waals surface area contributed by atoms with Gasteiger partial charge in [0.1, 0.15) is 5.75 Å². The summed E-state index contributed by atoms with van der Waals surface area (Å²) < 4.78 is 5.35. The van der Waals surface area contributed by atoms with Crippen LogP contribution < -0.4 is 10.5 Å². The summed E-state index contributed by atoms with van der Waals surface area (Å²) in [6, 6.07) is 7.91. The molecule has 3 aromatic rings. The molecule has 6 heteroatoms. The summed E-state index contributed by atoms with van der Waals surface area (Å²) in [5, 5.41) is 1.06. The number of nitrogens with zero attached hydrogens (tertiary/aromatic N) is 3. The van der Waals surface area contributed by atoms with Crippen molar-refractivity contribution in [3.05, 3.63) is 41.2 Å². The molecule has 0 unspecified atom stereocenters. The lowest BCUT2D eigenvalue weighted by Gasteiger charge is -2.10. The van der Waals surface area contributed by atoms with E-state index in [1.54, 1.807) is 24.6 Å². The lowest BCUT2D eigenvalue weighted by atomic mass is 10.0. The summed E-state index contributed by atoms with van der Waals surface area (Å²) in [5.74, 6) is 1.64. The van der Waals surface area contributed by atoms with Crippen molar-refractivity contribution in [2.45, 2.75) is 25.7 Å². The third-order valence-corrected chi connectivity index (χ3v) is 5.12. The summed E-state index contributed by atoms with van der Waals surface area (Å²) in [4.78, 5) is 14.6. The number of rotatable bonds is 4. The Morgan fingerprint density at radius 3 is 2.83 bits per heavy atom. The Bertz CT molecular complexity index is 902. The van der Waals surface area contributed by atoms with E-state index in [0.29, 0.717) is 5.92 Å². The molecule has 4 rings (SSSR count). The van der Waals surface area contributed by atoms with Crippen LogP contribution in [0.4, 0.5) is 5.95 Å². The number of anilines is 1. The predicted molar refractivity (Wildman–Crippen MR) is 96.3 cm³/mol. The second-order valence-electron chi connectivity index (χ2n) is 5.94. The van der Waals surface area contributed by atoms with E-state index in [9.17, 15) is 0 Å². The molecule has 2 aromatic heterocycles. The lowest BCUT2D eigenvalue weighted by Crippen LogP contribution is -1.99. The molecule has 2 heterocycles. The Balaban J connectivity index is 1.91. The summed E-state index contributed by atoms with van der Waals surface area (Å²) in [6.45, 7) is 2.04. The molecule has 0 radical (unpaired) electrons. The zero-order valence-electron chi connectivity index (χ0n) is 13.6. The average molecular weight is 338 g/mol. The van der Waals surface area contributed by atoms with Crippen molar-refractivity contribution in [3.8, 4) is 27.4 Å². The fraction of sp³-hybridized carbons (Fsp3) is 0.278. The van der Waals surface area contributed by atoms with Crippen molar-refractivity contribution >= 4 is 17.3 Å². The molecule has 1 saturated carbocycles. The lowest BCUT2D eigenvalue weighted by molar-refractivity contribution is 0.415. The minimum absolute atomic E-state index is 0.282. The molecule has 0 aliphatic heterocycles. The molecular formula is C18H18N4OS. The molecule has 0 amide bonds. The molecule has 0 saturated heterocycles. The van der Waals surface area contributed by atoms with Crippen molar-refractivity contribution in [2.75, 3.05) is 12.8 Å². The van der Waals surface area contributed by atoms with Crippen LogP contribution in [0.15, 0.2) is 30.5 Å². The number of thiazole rings is 1. The molecule has 0 spiro atoms. The average Bonchev–Trinajstić information content (AvgIpc) is 3.37. The first kappa shape index (κ1) is 15.1. The predicted octanol–water partition coefficient (Wildman–Crippen LogP) is 4.04. The highest BCUT2D eigenvalue weighted by Gasteiger charge is 2.31. The van der Waals surface area contributed by atoms with Crippen molar-refractivity contribution in [3.63, 3.8) is 0 Å².